The van der Waals surface area contributed by atoms with Gasteiger partial charge in [0.1, 0.15) is 11.6 Å². The highest BCUT2D eigenvalue weighted by Gasteiger charge is 2.39. The van der Waals surface area contributed by atoms with Crippen molar-refractivity contribution in [2.75, 3.05) is 18.6 Å². The zero-order valence-electron chi connectivity index (χ0n) is 18.3. The van der Waals surface area contributed by atoms with E-state index in [9.17, 15) is 4.79 Å². The minimum absolute atomic E-state index is 0.0180. The number of hydrogen-bond donors (Lipinski definition) is 0. The summed E-state index contributed by atoms with van der Waals surface area (Å²) in [5.74, 6) is 2.05. The fourth-order valence-electron chi connectivity index (χ4n) is 4.24. The van der Waals surface area contributed by atoms with E-state index in [2.05, 4.69) is 16.8 Å². The van der Waals surface area contributed by atoms with Gasteiger partial charge in [-0.3, -0.25) is 4.79 Å². The molecule has 2 atom stereocenters. The number of rotatable bonds is 6. The van der Waals surface area contributed by atoms with Crippen LogP contribution in [0, 0.1) is 6.92 Å². The number of ether oxygens (including phenoxy) is 2. The standard InChI is InChI=1S/C25H27N3O3/c1-5-31-24(29)15-20-17(3)28(22-12-11-19(30-4)14-21(20)22)23-13-16(2)26-25(27-23)18-9-7-6-8-10-18/h6-14,17,20H,5,15H2,1-4H3. The van der Waals surface area contributed by atoms with Gasteiger partial charge in [-0.1, -0.05) is 30.3 Å². The first-order valence-electron chi connectivity index (χ1n) is 10.6. The molecule has 0 N–H and O–H groups in total. The molecule has 31 heavy (non-hydrogen) atoms. The predicted molar refractivity (Wildman–Crippen MR) is 121 cm³/mol. The summed E-state index contributed by atoms with van der Waals surface area (Å²) in [4.78, 5) is 24.1. The Balaban J connectivity index is 1.79. The van der Waals surface area contributed by atoms with E-state index in [-0.39, 0.29) is 17.9 Å². The van der Waals surface area contributed by atoms with Gasteiger partial charge >= 0.3 is 5.97 Å². The van der Waals surface area contributed by atoms with Crippen LogP contribution in [-0.4, -0.2) is 35.7 Å². The molecule has 1 aromatic heterocycles. The molecular weight excluding hydrogens is 390 g/mol. The number of aromatic nitrogens is 2. The van der Waals surface area contributed by atoms with E-state index >= 15 is 0 Å². The van der Waals surface area contributed by atoms with Crippen LogP contribution in [0.4, 0.5) is 11.5 Å². The van der Waals surface area contributed by atoms with Gasteiger partial charge in [-0.05, 0) is 44.5 Å². The molecule has 0 amide bonds. The van der Waals surface area contributed by atoms with E-state index in [4.69, 9.17) is 14.5 Å². The first-order chi connectivity index (χ1) is 15.0. The third-order valence-electron chi connectivity index (χ3n) is 5.69. The lowest BCUT2D eigenvalue weighted by Gasteiger charge is -2.27. The van der Waals surface area contributed by atoms with Crippen molar-refractivity contribution in [2.24, 2.45) is 0 Å². The predicted octanol–water partition coefficient (Wildman–Crippen LogP) is 5.04. The largest absolute Gasteiger partial charge is 0.497 e. The molecule has 160 valence electrons. The Morgan fingerprint density at radius 3 is 2.58 bits per heavy atom. The second-order valence-corrected chi connectivity index (χ2v) is 7.71. The summed E-state index contributed by atoms with van der Waals surface area (Å²) in [7, 11) is 1.65. The van der Waals surface area contributed by atoms with Gasteiger partial charge in [0.2, 0.25) is 0 Å². The molecule has 0 fully saturated rings. The lowest BCUT2D eigenvalue weighted by molar-refractivity contribution is -0.143. The first kappa shape index (κ1) is 20.8. The summed E-state index contributed by atoms with van der Waals surface area (Å²) in [5.41, 5.74) is 3.95. The number of carbonyl (C=O) groups is 1. The second-order valence-electron chi connectivity index (χ2n) is 7.71. The third kappa shape index (κ3) is 4.10. The Hall–Kier alpha value is -3.41. The second kappa shape index (κ2) is 8.76. The van der Waals surface area contributed by atoms with E-state index in [1.54, 1.807) is 7.11 Å². The number of carbonyl (C=O) groups excluding carboxylic acids is 1. The minimum atomic E-state index is -0.196. The molecule has 0 spiro atoms. The van der Waals surface area contributed by atoms with Crippen LogP contribution in [0.5, 0.6) is 5.75 Å². The molecule has 4 rings (SSSR count). The molecule has 6 nitrogen and oxygen atoms in total. The molecule has 0 radical (unpaired) electrons. The van der Waals surface area contributed by atoms with Crippen molar-refractivity contribution < 1.29 is 14.3 Å². The van der Waals surface area contributed by atoms with Gasteiger partial charge < -0.3 is 14.4 Å². The third-order valence-corrected chi connectivity index (χ3v) is 5.69. The molecule has 2 heterocycles. The number of anilines is 2. The molecule has 0 aliphatic carbocycles. The summed E-state index contributed by atoms with van der Waals surface area (Å²) in [6, 6.07) is 18.0. The van der Waals surface area contributed by atoms with Crippen molar-refractivity contribution in [2.45, 2.75) is 39.2 Å². The smallest absolute Gasteiger partial charge is 0.306 e. The molecule has 0 saturated heterocycles. The SMILES string of the molecule is CCOC(=O)CC1c2cc(OC)ccc2N(c2cc(C)nc(-c3ccccc3)n2)C1C. The van der Waals surface area contributed by atoms with E-state index in [0.29, 0.717) is 18.9 Å². The van der Waals surface area contributed by atoms with Crippen LogP contribution in [0.25, 0.3) is 11.4 Å². The van der Waals surface area contributed by atoms with Gasteiger partial charge in [0.15, 0.2) is 5.82 Å². The molecule has 1 aliphatic rings. The van der Waals surface area contributed by atoms with Crippen LogP contribution in [-0.2, 0) is 9.53 Å². The molecule has 1 aliphatic heterocycles. The molecule has 0 saturated carbocycles. The van der Waals surface area contributed by atoms with Crippen molar-refractivity contribution in [1.82, 2.24) is 9.97 Å². The summed E-state index contributed by atoms with van der Waals surface area (Å²) in [5, 5.41) is 0. The molecule has 3 aromatic rings. The Labute approximate surface area is 182 Å². The summed E-state index contributed by atoms with van der Waals surface area (Å²) in [6.07, 6.45) is 0.307. The normalized spacial score (nSPS) is 17.4. The fourth-order valence-corrected chi connectivity index (χ4v) is 4.24. The lowest BCUT2D eigenvalue weighted by atomic mass is 9.92. The number of nitrogens with zero attached hydrogens (tertiary/aromatic N) is 3. The van der Waals surface area contributed by atoms with E-state index in [1.165, 1.54) is 0 Å². The Morgan fingerprint density at radius 2 is 1.87 bits per heavy atom. The quantitative estimate of drug-likeness (QED) is 0.524. The fraction of sp³-hybridized carbons (Fsp3) is 0.320. The van der Waals surface area contributed by atoms with Crippen LogP contribution in [0.15, 0.2) is 54.6 Å². The van der Waals surface area contributed by atoms with Gasteiger partial charge in [0.05, 0.1) is 20.1 Å². The summed E-state index contributed by atoms with van der Waals surface area (Å²) < 4.78 is 10.7. The number of methoxy groups -OCH3 is 1. The minimum Gasteiger partial charge on any atom is -0.497 e. The number of benzene rings is 2. The highest BCUT2D eigenvalue weighted by molar-refractivity contribution is 5.77. The van der Waals surface area contributed by atoms with E-state index in [1.807, 2.05) is 68.4 Å². The summed E-state index contributed by atoms with van der Waals surface area (Å²) >= 11 is 0. The number of hydrogen-bond acceptors (Lipinski definition) is 6. The average Bonchev–Trinajstić information content (AvgIpc) is 3.04. The maximum Gasteiger partial charge on any atom is 0.306 e. The van der Waals surface area contributed by atoms with Crippen LogP contribution in [0.2, 0.25) is 0 Å². The van der Waals surface area contributed by atoms with Crippen molar-refractivity contribution in [3.63, 3.8) is 0 Å². The first-order valence-corrected chi connectivity index (χ1v) is 10.6. The van der Waals surface area contributed by atoms with Gasteiger partial charge in [-0.2, -0.15) is 0 Å². The van der Waals surface area contributed by atoms with Crippen LogP contribution >= 0.6 is 0 Å². The summed E-state index contributed by atoms with van der Waals surface area (Å²) in [6.45, 7) is 6.30. The zero-order chi connectivity index (χ0) is 22.0. The molecule has 6 heteroatoms. The number of aryl methyl sites for hydroxylation is 1. The molecule has 2 aromatic carbocycles. The Kier molecular flexibility index (Phi) is 5.89. The lowest BCUT2D eigenvalue weighted by Crippen LogP contribution is -2.29. The zero-order valence-corrected chi connectivity index (χ0v) is 18.3. The Morgan fingerprint density at radius 1 is 1.10 bits per heavy atom. The van der Waals surface area contributed by atoms with Gasteiger partial charge in [0, 0.05) is 35.0 Å². The number of esters is 1. The maximum atomic E-state index is 12.3. The van der Waals surface area contributed by atoms with Crippen molar-refractivity contribution in [3.8, 4) is 17.1 Å². The van der Waals surface area contributed by atoms with Crippen LogP contribution < -0.4 is 9.64 Å². The topological polar surface area (TPSA) is 64.6 Å². The molecule has 2 unspecified atom stereocenters. The van der Waals surface area contributed by atoms with Gasteiger partial charge in [-0.25, -0.2) is 9.97 Å². The van der Waals surface area contributed by atoms with Crippen molar-refractivity contribution in [1.29, 1.82) is 0 Å². The monoisotopic (exact) mass is 417 g/mol. The Bertz CT molecular complexity index is 1080. The molecule has 0 bridgehead atoms. The highest BCUT2D eigenvalue weighted by atomic mass is 16.5. The number of fused-ring (bicyclic) bond motifs is 1. The van der Waals surface area contributed by atoms with E-state index < -0.39 is 0 Å². The van der Waals surface area contributed by atoms with E-state index in [0.717, 1.165) is 34.1 Å². The van der Waals surface area contributed by atoms with Crippen LogP contribution in [0.3, 0.4) is 0 Å². The van der Waals surface area contributed by atoms with Crippen LogP contribution in [0.1, 0.15) is 37.4 Å². The highest BCUT2D eigenvalue weighted by Crippen LogP contribution is 2.47. The average molecular weight is 418 g/mol. The van der Waals surface area contributed by atoms with Crippen molar-refractivity contribution in [3.05, 3.63) is 65.9 Å². The molecular formula is C25H27N3O3. The van der Waals surface area contributed by atoms with Gasteiger partial charge in [0.25, 0.3) is 0 Å². The maximum absolute atomic E-state index is 12.3. The van der Waals surface area contributed by atoms with Gasteiger partial charge in [-0.15, -0.1) is 0 Å². The van der Waals surface area contributed by atoms with Crippen molar-refractivity contribution >= 4 is 17.5 Å².